The minimum absolute atomic E-state index is 0.171. The number of benzene rings is 2. The van der Waals surface area contributed by atoms with E-state index in [1.165, 1.54) is 11.8 Å². The average Bonchev–Trinajstić information content (AvgIpc) is 3.13. The van der Waals surface area contributed by atoms with Gasteiger partial charge >= 0.3 is 0 Å². The zero-order chi connectivity index (χ0) is 20.4. The third-order valence-corrected chi connectivity index (χ3v) is 5.90. The number of hydrogen-bond acceptors (Lipinski definition) is 5. The Morgan fingerprint density at radius 2 is 2.07 bits per heavy atom. The summed E-state index contributed by atoms with van der Waals surface area (Å²) in [6.07, 6.45) is 2.41. The molecular formula is C21H20ClN5OS. The minimum Gasteiger partial charge on any atom is -0.496 e. The molecule has 6 nitrogen and oxygen atoms in total. The summed E-state index contributed by atoms with van der Waals surface area (Å²) in [4.78, 5) is 13.1. The Morgan fingerprint density at radius 3 is 2.86 bits per heavy atom. The van der Waals surface area contributed by atoms with Gasteiger partial charge in [0.25, 0.3) is 0 Å². The highest BCUT2D eigenvalue weighted by Gasteiger charge is 2.13. The fraction of sp³-hybridized carbons (Fsp3) is 0.190. The van der Waals surface area contributed by atoms with Gasteiger partial charge in [0.1, 0.15) is 11.3 Å². The molecule has 29 heavy (non-hydrogen) atoms. The van der Waals surface area contributed by atoms with Gasteiger partial charge in [-0.25, -0.2) is 9.97 Å². The van der Waals surface area contributed by atoms with Crippen molar-refractivity contribution in [2.24, 2.45) is 0 Å². The maximum atomic E-state index is 8.15. The standard InChI is InChI=1S/C21H20ClN5OS/c1-13-7-8-16(28-2)17(11-13)29-21-25-18-19(23)24-12-27(20(18)26-21)10-9-14-5-3-4-6-15(14)22/h3-8,11-12,23H,9-10H2,1-2H3,(H,25,26). The van der Waals surface area contributed by atoms with Crippen molar-refractivity contribution in [3.63, 3.8) is 0 Å². The van der Waals surface area contributed by atoms with Crippen LogP contribution in [0.15, 0.2) is 58.8 Å². The summed E-state index contributed by atoms with van der Waals surface area (Å²) in [7, 11) is 1.65. The van der Waals surface area contributed by atoms with Gasteiger partial charge in [0, 0.05) is 11.6 Å². The molecule has 0 amide bonds. The lowest BCUT2D eigenvalue weighted by molar-refractivity contribution is 0.404. The Bertz CT molecular complexity index is 1230. The number of halogens is 1. The second-order valence-corrected chi connectivity index (χ2v) is 8.06. The van der Waals surface area contributed by atoms with Gasteiger partial charge in [0.05, 0.1) is 18.3 Å². The van der Waals surface area contributed by atoms with Gasteiger partial charge in [-0.1, -0.05) is 35.9 Å². The highest BCUT2D eigenvalue weighted by atomic mass is 35.5. The van der Waals surface area contributed by atoms with Crippen LogP contribution in [0.5, 0.6) is 5.75 Å². The molecule has 0 radical (unpaired) electrons. The lowest BCUT2D eigenvalue weighted by atomic mass is 10.1. The molecule has 2 aromatic heterocycles. The molecule has 0 spiro atoms. The SMILES string of the molecule is COc1ccc(C)cc1Sc1nc2c([nH]1)c(=N)ncn2CCc1ccccc1Cl. The topological polar surface area (TPSA) is 79.6 Å². The molecule has 2 aromatic carbocycles. The van der Waals surface area contributed by atoms with Gasteiger partial charge < -0.3 is 14.3 Å². The predicted molar refractivity (Wildman–Crippen MR) is 115 cm³/mol. The lowest BCUT2D eigenvalue weighted by Gasteiger charge is -2.08. The highest BCUT2D eigenvalue weighted by molar-refractivity contribution is 7.99. The number of aromatic amines is 1. The van der Waals surface area contributed by atoms with Gasteiger partial charge in [-0.2, -0.15) is 0 Å². The summed E-state index contributed by atoms with van der Waals surface area (Å²) >= 11 is 7.75. The molecule has 0 fully saturated rings. The normalized spacial score (nSPS) is 11.1. The fourth-order valence-corrected chi connectivity index (χ4v) is 4.30. The summed E-state index contributed by atoms with van der Waals surface area (Å²) in [5.41, 5.74) is 3.69. The third-order valence-electron chi connectivity index (χ3n) is 4.60. The lowest BCUT2D eigenvalue weighted by Crippen LogP contribution is -2.13. The zero-order valence-corrected chi connectivity index (χ0v) is 17.6. The van der Waals surface area contributed by atoms with Crippen LogP contribution in [0.25, 0.3) is 11.2 Å². The number of fused-ring (bicyclic) bond motifs is 1. The van der Waals surface area contributed by atoms with Crippen LogP contribution < -0.4 is 10.2 Å². The van der Waals surface area contributed by atoms with Crippen molar-refractivity contribution in [2.45, 2.75) is 29.9 Å². The van der Waals surface area contributed by atoms with Crippen molar-refractivity contribution in [1.29, 1.82) is 5.41 Å². The van der Waals surface area contributed by atoms with E-state index in [1.54, 1.807) is 13.4 Å². The first-order valence-corrected chi connectivity index (χ1v) is 10.3. The molecule has 0 unspecified atom stereocenters. The fourth-order valence-electron chi connectivity index (χ4n) is 3.08. The van der Waals surface area contributed by atoms with E-state index in [0.29, 0.717) is 22.9 Å². The maximum absolute atomic E-state index is 8.15. The quantitative estimate of drug-likeness (QED) is 0.473. The summed E-state index contributed by atoms with van der Waals surface area (Å²) in [5.74, 6) is 0.789. The van der Waals surface area contributed by atoms with Crippen LogP contribution in [0.2, 0.25) is 5.02 Å². The van der Waals surface area contributed by atoms with Crippen LogP contribution in [0.4, 0.5) is 0 Å². The summed E-state index contributed by atoms with van der Waals surface area (Å²) < 4.78 is 7.41. The van der Waals surface area contributed by atoms with Gasteiger partial charge in [0.15, 0.2) is 16.3 Å². The molecule has 148 valence electrons. The van der Waals surface area contributed by atoms with Crippen LogP contribution in [-0.4, -0.2) is 26.6 Å². The molecular weight excluding hydrogens is 406 g/mol. The Balaban J connectivity index is 1.66. The Labute approximate surface area is 177 Å². The molecule has 2 heterocycles. The van der Waals surface area contributed by atoms with Crippen molar-refractivity contribution in [3.8, 4) is 5.75 Å². The maximum Gasteiger partial charge on any atom is 0.173 e. The molecule has 0 aliphatic carbocycles. The Kier molecular flexibility index (Phi) is 5.60. The molecule has 0 bridgehead atoms. The van der Waals surface area contributed by atoms with E-state index in [2.05, 4.69) is 16.0 Å². The second-order valence-electron chi connectivity index (χ2n) is 6.62. The van der Waals surface area contributed by atoms with E-state index in [-0.39, 0.29) is 5.49 Å². The van der Waals surface area contributed by atoms with E-state index in [0.717, 1.165) is 33.2 Å². The number of rotatable bonds is 6. The summed E-state index contributed by atoms with van der Waals surface area (Å²) in [6.45, 7) is 2.70. The second kappa shape index (κ2) is 8.31. The molecule has 0 aliphatic heterocycles. The van der Waals surface area contributed by atoms with Crippen LogP contribution in [0.3, 0.4) is 0 Å². The Hall–Kier alpha value is -2.77. The molecule has 4 aromatic rings. The zero-order valence-electron chi connectivity index (χ0n) is 16.1. The highest BCUT2D eigenvalue weighted by Crippen LogP contribution is 2.34. The average molecular weight is 426 g/mol. The molecule has 8 heteroatoms. The number of nitrogens with one attached hydrogen (secondary N) is 2. The van der Waals surface area contributed by atoms with Gasteiger partial charge in [-0.15, -0.1) is 0 Å². The first-order chi connectivity index (χ1) is 14.0. The molecule has 4 rings (SSSR count). The number of hydrogen-bond donors (Lipinski definition) is 2. The van der Waals surface area contributed by atoms with Crippen molar-refractivity contribution in [2.75, 3.05) is 7.11 Å². The van der Waals surface area contributed by atoms with E-state index >= 15 is 0 Å². The predicted octanol–water partition coefficient (Wildman–Crippen LogP) is 4.60. The molecule has 0 aliphatic rings. The first kappa shape index (κ1) is 19.5. The monoisotopic (exact) mass is 425 g/mol. The third kappa shape index (κ3) is 4.16. The minimum atomic E-state index is 0.171. The number of aryl methyl sites for hydroxylation is 3. The molecule has 0 atom stereocenters. The molecule has 0 saturated heterocycles. The van der Waals surface area contributed by atoms with Crippen LogP contribution >= 0.6 is 23.4 Å². The van der Waals surface area contributed by atoms with Gasteiger partial charge in [-0.3, -0.25) is 5.41 Å². The number of H-pyrrole nitrogens is 1. The van der Waals surface area contributed by atoms with Gasteiger partial charge in [0.2, 0.25) is 0 Å². The van der Waals surface area contributed by atoms with E-state index < -0.39 is 0 Å². The molecule has 0 saturated carbocycles. The summed E-state index contributed by atoms with van der Waals surface area (Å²) in [6, 6.07) is 13.8. The number of imidazole rings is 1. The molecule has 2 N–H and O–H groups in total. The van der Waals surface area contributed by atoms with E-state index in [4.69, 9.17) is 26.7 Å². The van der Waals surface area contributed by atoms with Crippen LogP contribution in [0, 0.1) is 12.3 Å². The van der Waals surface area contributed by atoms with E-state index in [1.807, 2.05) is 47.9 Å². The summed E-state index contributed by atoms with van der Waals surface area (Å²) in [5, 5.41) is 9.59. The number of methoxy groups -OCH3 is 1. The van der Waals surface area contributed by atoms with Crippen molar-refractivity contribution in [1.82, 2.24) is 19.5 Å². The number of aromatic nitrogens is 4. The smallest absolute Gasteiger partial charge is 0.173 e. The Morgan fingerprint density at radius 1 is 1.24 bits per heavy atom. The number of nitrogens with zero attached hydrogens (tertiary/aromatic N) is 3. The first-order valence-electron chi connectivity index (χ1n) is 9.11. The number of ether oxygens (including phenoxy) is 1. The van der Waals surface area contributed by atoms with Crippen LogP contribution in [0.1, 0.15) is 11.1 Å². The van der Waals surface area contributed by atoms with Crippen molar-refractivity contribution >= 4 is 34.5 Å². The van der Waals surface area contributed by atoms with E-state index in [9.17, 15) is 0 Å². The van der Waals surface area contributed by atoms with Crippen molar-refractivity contribution < 1.29 is 4.74 Å². The largest absolute Gasteiger partial charge is 0.496 e. The van der Waals surface area contributed by atoms with Crippen LogP contribution in [-0.2, 0) is 13.0 Å². The van der Waals surface area contributed by atoms with Gasteiger partial charge in [-0.05, 0) is 54.4 Å². The van der Waals surface area contributed by atoms with Crippen molar-refractivity contribution in [3.05, 3.63) is 70.4 Å².